The Morgan fingerprint density at radius 1 is 1.30 bits per heavy atom. The molecule has 0 spiro atoms. The number of halogens is 1. The number of nitrogens with one attached hydrogen (secondary N) is 1. The molecule has 120 valence electrons. The maximum absolute atomic E-state index is 11.1. The van der Waals surface area contributed by atoms with E-state index in [0.29, 0.717) is 17.4 Å². The van der Waals surface area contributed by atoms with Gasteiger partial charge in [-0.05, 0) is 23.8 Å². The van der Waals surface area contributed by atoms with Crippen molar-refractivity contribution in [2.45, 2.75) is 18.0 Å². The van der Waals surface area contributed by atoms with Crippen molar-refractivity contribution < 1.29 is 14.6 Å². The first-order chi connectivity index (χ1) is 11.1. The predicted molar refractivity (Wildman–Crippen MR) is 92.0 cm³/mol. The van der Waals surface area contributed by atoms with E-state index in [9.17, 15) is 4.79 Å². The maximum Gasteiger partial charge on any atom is 0.321 e. The average Bonchev–Trinajstić information content (AvgIpc) is 3.03. The molecule has 1 heterocycles. The Hall–Kier alpha value is -1.69. The molecule has 4 nitrogen and oxygen atoms in total. The Morgan fingerprint density at radius 3 is 2.87 bits per heavy atom. The summed E-state index contributed by atoms with van der Waals surface area (Å²) < 4.78 is 5.93. The summed E-state index contributed by atoms with van der Waals surface area (Å²) in [5, 5.41) is 12.8. The lowest BCUT2D eigenvalue weighted by atomic mass is 10.2. The van der Waals surface area contributed by atoms with Crippen LogP contribution in [0.25, 0.3) is 0 Å². The van der Waals surface area contributed by atoms with Crippen molar-refractivity contribution in [3.63, 3.8) is 0 Å². The Kier molecular flexibility index (Phi) is 5.10. The molecular formula is C17H16ClNO3S. The number of carboxylic acid groups (broad SMARTS) is 1. The van der Waals surface area contributed by atoms with Crippen molar-refractivity contribution >= 4 is 29.3 Å². The fourth-order valence-electron chi connectivity index (χ4n) is 2.41. The first-order valence-corrected chi connectivity index (χ1v) is 8.63. The van der Waals surface area contributed by atoms with Gasteiger partial charge in [0.15, 0.2) is 0 Å². The monoisotopic (exact) mass is 349 g/mol. The third-order valence-corrected chi connectivity index (χ3v) is 5.05. The molecule has 6 heteroatoms. The summed E-state index contributed by atoms with van der Waals surface area (Å²) in [7, 11) is 0. The van der Waals surface area contributed by atoms with E-state index in [1.54, 1.807) is 11.8 Å². The summed E-state index contributed by atoms with van der Waals surface area (Å²) in [6.07, 6.45) is 0. The highest BCUT2D eigenvalue weighted by atomic mass is 35.5. The summed E-state index contributed by atoms with van der Waals surface area (Å²) in [5.41, 5.74) is 1.95. The predicted octanol–water partition coefficient (Wildman–Crippen LogP) is 3.71. The molecule has 0 aliphatic carbocycles. The number of hydrogen-bond donors (Lipinski definition) is 2. The highest BCUT2D eigenvalue weighted by molar-refractivity contribution is 7.99. The molecule has 1 aliphatic heterocycles. The summed E-state index contributed by atoms with van der Waals surface area (Å²) in [5.74, 6) is 0.476. The second-order valence-electron chi connectivity index (χ2n) is 5.23. The van der Waals surface area contributed by atoms with Gasteiger partial charge in [-0.1, -0.05) is 41.9 Å². The summed E-state index contributed by atoms with van der Waals surface area (Å²) >= 11 is 7.56. The van der Waals surface area contributed by atoms with Gasteiger partial charge in [-0.15, -0.1) is 11.8 Å². The summed E-state index contributed by atoms with van der Waals surface area (Å²) in [4.78, 5) is 11.1. The molecule has 0 amide bonds. The second kappa shape index (κ2) is 7.25. The third kappa shape index (κ3) is 3.99. The van der Waals surface area contributed by atoms with Crippen molar-refractivity contribution in [3.05, 3.63) is 64.7 Å². The number of benzene rings is 2. The van der Waals surface area contributed by atoms with Crippen LogP contribution in [-0.4, -0.2) is 22.9 Å². The Morgan fingerprint density at radius 2 is 2.13 bits per heavy atom. The standard InChI is InChI=1S/C17H16ClNO3S/c18-12-5-3-4-11(8-12)9-22-15-7-2-1-6-13(15)16-19-14(10-23-16)17(20)21/h1-8,14,16,19H,9-10H2,(H,20,21)/t14-,16+/m0/s1. The van der Waals surface area contributed by atoms with Crippen LogP contribution in [0.5, 0.6) is 5.75 Å². The maximum atomic E-state index is 11.1. The largest absolute Gasteiger partial charge is 0.489 e. The Labute approximate surface area is 143 Å². The van der Waals surface area contributed by atoms with Crippen LogP contribution >= 0.6 is 23.4 Å². The van der Waals surface area contributed by atoms with Crippen LogP contribution in [0.15, 0.2) is 48.5 Å². The van der Waals surface area contributed by atoms with Gasteiger partial charge in [0.25, 0.3) is 0 Å². The van der Waals surface area contributed by atoms with Crippen molar-refractivity contribution in [1.82, 2.24) is 5.32 Å². The zero-order valence-corrected chi connectivity index (χ0v) is 13.8. The lowest BCUT2D eigenvalue weighted by Crippen LogP contribution is -2.33. The van der Waals surface area contributed by atoms with E-state index in [1.807, 2.05) is 48.5 Å². The fourth-order valence-corrected chi connectivity index (χ4v) is 3.88. The van der Waals surface area contributed by atoms with Crippen LogP contribution in [0.3, 0.4) is 0 Å². The van der Waals surface area contributed by atoms with Gasteiger partial charge in [0.05, 0.1) is 5.37 Å². The van der Waals surface area contributed by atoms with Gasteiger partial charge in [-0.2, -0.15) is 0 Å². The molecule has 1 aliphatic rings. The fraction of sp³-hybridized carbons (Fsp3) is 0.235. The minimum absolute atomic E-state index is 0.0772. The lowest BCUT2D eigenvalue weighted by Gasteiger charge is -2.16. The number of carboxylic acids is 1. The SMILES string of the molecule is O=C(O)[C@@H]1CS[C@H](c2ccccc2OCc2cccc(Cl)c2)N1. The molecule has 2 aromatic carbocycles. The van der Waals surface area contributed by atoms with Crippen molar-refractivity contribution in [3.8, 4) is 5.75 Å². The lowest BCUT2D eigenvalue weighted by molar-refractivity contribution is -0.138. The first-order valence-electron chi connectivity index (χ1n) is 7.20. The molecule has 3 rings (SSSR count). The molecule has 23 heavy (non-hydrogen) atoms. The molecular weight excluding hydrogens is 334 g/mol. The molecule has 2 aromatic rings. The average molecular weight is 350 g/mol. The summed E-state index contributed by atoms with van der Waals surface area (Å²) in [6, 6.07) is 14.7. The normalized spacial score (nSPS) is 20.4. The van der Waals surface area contributed by atoms with E-state index in [2.05, 4.69) is 5.32 Å². The van der Waals surface area contributed by atoms with Gasteiger partial charge in [0.2, 0.25) is 0 Å². The van der Waals surface area contributed by atoms with Gasteiger partial charge in [-0.3, -0.25) is 10.1 Å². The number of hydrogen-bond acceptors (Lipinski definition) is 4. The Balaban J connectivity index is 1.72. The van der Waals surface area contributed by atoms with E-state index in [-0.39, 0.29) is 5.37 Å². The smallest absolute Gasteiger partial charge is 0.321 e. The van der Waals surface area contributed by atoms with Crippen molar-refractivity contribution in [1.29, 1.82) is 0 Å². The van der Waals surface area contributed by atoms with E-state index < -0.39 is 12.0 Å². The van der Waals surface area contributed by atoms with E-state index in [1.165, 1.54) is 0 Å². The molecule has 0 radical (unpaired) electrons. The number of para-hydroxylation sites is 1. The zero-order chi connectivity index (χ0) is 16.2. The number of thioether (sulfide) groups is 1. The van der Waals surface area contributed by atoms with Crippen LogP contribution in [-0.2, 0) is 11.4 Å². The van der Waals surface area contributed by atoms with Gasteiger partial charge >= 0.3 is 5.97 Å². The Bertz CT molecular complexity index is 710. The number of carbonyl (C=O) groups is 1. The van der Waals surface area contributed by atoms with Crippen LogP contribution < -0.4 is 10.1 Å². The van der Waals surface area contributed by atoms with Gasteiger partial charge in [-0.25, -0.2) is 0 Å². The number of ether oxygens (including phenoxy) is 1. The molecule has 2 N–H and O–H groups in total. The molecule has 0 unspecified atom stereocenters. The second-order valence-corrected chi connectivity index (χ2v) is 6.80. The molecule has 0 aromatic heterocycles. The minimum Gasteiger partial charge on any atom is -0.489 e. The number of aliphatic carboxylic acids is 1. The molecule has 0 saturated carbocycles. The van der Waals surface area contributed by atoms with Crippen LogP contribution in [0, 0.1) is 0 Å². The van der Waals surface area contributed by atoms with Crippen molar-refractivity contribution in [2.24, 2.45) is 0 Å². The summed E-state index contributed by atoms with van der Waals surface area (Å²) in [6.45, 7) is 0.414. The highest BCUT2D eigenvalue weighted by Gasteiger charge is 2.31. The molecule has 1 fully saturated rings. The molecule has 0 bridgehead atoms. The molecule has 2 atom stereocenters. The third-order valence-electron chi connectivity index (χ3n) is 3.57. The zero-order valence-electron chi connectivity index (χ0n) is 12.2. The van der Waals surface area contributed by atoms with Crippen LogP contribution in [0.4, 0.5) is 0 Å². The highest BCUT2D eigenvalue weighted by Crippen LogP contribution is 2.37. The van der Waals surface area contributed by atoms with E-state index in [0.717, 1.165) is 16.9 Å². The van der Waals surface area contributed by atoms with Crippen LogP contribution in [0.1, 0.15) is 16.5 Å². The van der Waals surface area contributed by atoms with E-state index >= 15 is 0 Å². The van der Waals surface area contributed by atoms with Gasteiger partial charge < -0.3 is 9.84 Å². The first kappa shape index (κ1) is 16.2. The molecule has 1 saturated heterocycles. The van der Waals surface area contributed by atoms with E-state index in [4.69, 9.17) is 21.4 Å². The van der Waals surface area contributed by atoms with Crippen LogP contribution in [0.2, 0.25) is 5.02 Å². The topological polar surface area (TPSA) is 58.6 Å². The quantitative estimate of drug-likeness (QED) is 0.861. The minimum atomic E-state index is -0.822. The number of rotatable bonds is 5. The van der Waals surface area contributed by atoms with Gasteiger partial charge in [0, 0.05) is 16.3 Å². The van der Waals surface area contributed by atoms with Crippen molar-refractivity contribution in [2.75, 3.05) is 5.75 Å². The van der Waals surface area contributed by atoms with Gasteiger partial charge in [0.1, 0.15) is 18.4 Å².